The molecule has 4 rings (SSSR count). The van der Waals surface area contributed by atoms with E-state index in [1.54, 1.807) is 31.6 Å². The summed E-state index contributed by atoms with van der Waals surface area (Å²) < 4.78 is 11.5. The van der Waals surface area contributed by atoms with E-state index >= 15 is 0 Å². The van der Waals surface area contributed by atoms with Crippen molar-refractivity contribution >= 4 is 11.6 Å². The predicted octanol–water partition coefficient (Wildman–Crippen LogP) is 4.54. The molecule has 0 saturated carbocycles. The quantitative estimate of drug-likeness (QED) is 0.554. The van der Waals surface area contributed by atoms with Gasteiger partial charge in [0.05, 0.1) is 7.11 Å². The van der Waals surface area contributed by atoms with Gasteiger partial charge in [-0.1, -0.05) is 12.5 Å². The second-order valence-electron chi connectivity index (χ2n) is 8.27. The fourth-order valence-corrected chi connectivity index (χ4v) is 4.14. The lowest BCUT2D eigenvalue weighted by Crippen LogP contribution is -2.38. The van der Waals surface area contributed by atoms with Crippen molar-refractivity contribution in [1.82, 2.24) is 15.3 Å². The Kier molecular flexibility index (Phi) is 7.19. The molecule has 1 fully saturated rings. The summed E-state index contributed by atoms with van der Waals surface area (Å²) in [6.07, 6.45) is 5.10. The molecule has 1 aliphatic heterocycles. The van der Waals surface area contributed by atoms with Gasteiger partial charge in [-0.15, -0.1) is 0 Å². The van der Waals surface area contributed by atoms with Crippen LogP contribution in [0.25, 0.3) is 11.1 Å². The lowest BCUT2D eigenvalue weighted by atomic mass is 10.0. The van der Waals surface area contributed by atoms with Crippen molar-refractivity contribution in [2.75, 3.05) is 25.6 Å². The topological polar surface area (TPSA) is 85.4 Å². The van der Waals surface area contributed by atoms with Gasteiger partial charge in [-0.25, -0.2) is 9.97 Å². The highest BCUT2D eigenvalue weighted by atomic mass is 16.5. The zero-order chi connectivity index (χ0) is 23.2. The summed E-state index contributed by atoms with van der Waals surface area (Å²) >= 11 is 0. The first-order valence-corrected chi connectivity index (χ1v) is 11.3. The number of hydrogen-bond donors (Lipinski definition) is 2. The third-order valence-corrected chi connectivity index (χ3v) is 5.92. The van der Waals surface area contributed by atoms with E-state index in [4.69, 9.17) is 9.47 Å². The molecular weight excluding hydrogens is 416 g/mol. The van der Waals surface area contributed by atoms with E-state index < -0.39 is 0 Å². The average molecular weight is 447 g/mol. The number of hydrogen-bond acceptors (Lipinski definition) is 6. The molecule has 1 aliphatic rings. The molecule has 1 aromatic heterocycles. The zero-order valence-corrected chi connectivity index (χ0v) is 19.4. The number of carbonyl (C=O) groups is 1. The van der Waals surface area contributed by atoms with E-state index in [0.29, 0.717) is 29.6 Å². The van der Waals surface area contributed by atoms with Crippen LogP contribution >= 0.6 is 0 Å². The van der Waals surface area contributed by atoms with Crippen LogP contribution < -0.4 is 20.1 Å². The number of nitrogens with one attached hydrogen (secondary N) is 2. The molecular formula is C26H30N4O3. The standard InChI is InChI=1S/C26H30N4O3/c1-17-25(18(2)29-16-28-17)23-14-20(30-26(31)19-7-6-9-22(13-19)32-3)10-11-24(23)33-15-21-8-4-5-12-27-21/h6-7,9-11,13-14,16,21,27H,4-5,8,12,15H2,1-3H3,(H,30,31)/t21-/m1/s1. The van der Waals surface area contributed by atoms with E-state index in [1.807, 2.05) is 38.1 Å². The monoisotopic (exact) mass is 446 g/mol. The van der Waals surface area contributed by atoms with Gasteiger partial charge in [0.25, 0.3) is 5.91 Å². The van der Waals surface area contributed by atoms with Crippen molar-refractivity contribution in [2.24, 2.45) is 0 Å². The zero-order valence-electron chi connectivity index (χ0n) is 19.4. The Morgan fingerprint density at radius 2 is 1.94 bits per heavy atom. The number of aryl methyl sites for hydroxylation is 2. The molecule has 7 heteroatoms. The second-order valence-corrected chi connectivity index (χ2v) is 8.27. The summed E-state index contributed by atoms with van der Waals surface area (Å²) in [6.45, 7) is 5.53. The van der Waals surface area contributed by atoms with Crippen LogP contribution in [0.2, 0.25) is 0 Å². The van der Waals surface area contributed by atoms with E-state index in [0.717, 1.165) is 41.2 Å². The van der Waals surface area contributed by atoms with Crippen LogP contribution in [0.3, 0.4) is 0 Å². The van der Waals surface area contributed by atoms with Gasteiger partial charge in [0, 0.05) is 39.8 Å². The van der Waals surface area contributed by atoms with Gasteiger partial charge in [0.15, 0.2) is 0 Å². The van der Waals surface area contributed by atoms with Crippen LogP contribution in [0.5, 0.6) is 11.5 Å². The van der Waals surface area contributed by atoms with Crippen LogP contribution in [0.15, 0.2) is 48.8 Å². The largest absolute Gasteiger partial charge is 0.497 e. The number of nitrogens with zero attached hydrogens (tertiary/aromatic N) is 2. The van der Waals surface area contributed by atoms with Crippen LogP contribution in [0, 0.1) is 13.8 Å². The molecule has 0 spiro atoms. The van der Waals surface area contributed by atoms with Gasteiger partial charge in [-0.05, 0) is 69.6 Å². The van der Waals surface area contributed by atoms with Crippen LogP contribution in [-0.2, 0) is 0 Å². The van der Waals surface area contributed by atoms with Crippen molar-refractivity contribution in [3.05, 3.63) is 65.7 Å². The summed E-state index contributed by atoms with van der Waals surface area (Å²) in [5.41, 5.74) is 4.70. The lowest BCUT2D eigenvalue weighted by Gasteiger charge is -2.24. The molecule has 172 valence electrons. The fourth-order valence-electron chi connectivity index (χ4n) is 4.14. The Morgan fingerprint density at radius 1 is 1.12 bits per heavy atom. The molecule has 1 saturated heterocycles. The smallest absolute Gasteiger partial charge is 0.255 e. The first-order valence-electron chi connectivity index (χ1n) is 11.3. The summed E-state index contributed by atoms with van der Waals surface area (Å²) in [7, 11) is 1.58. The maximum absolute atomic E-state index is 12.9. The van der Waals surface area contributed by atoms with Crippen LogP contribution in [0.1, 0.15) is 41.0 Å². The average Bonchev–Trinajstić information content (AvgIpc) is 2.84. The number of methoxy groups -OCH3 is 1. The van der Waals surface area contributed by atoms with Crippen LogP contribution in [-0.4, -0.2) is 42.2 Å². The molecule has 3 aromatic rings. The number of rotatable bonds is 7. The normalized spacial score (nSPS) is 15.7. The second kappa shape index (κ2) is 10.4. The third-order valence-electron chi connectivity index (χ3n) is 5.92. The Morgan fingerprint density at radius 3 is 2.67 bits per heavy atom. The van der Waals surface area contributed by atoms with Crippen molar-refractivity contribution in [1.29, 1.82) is 0 Å². The number of aromatic nitrogens is 2. The minimum absolute atomic E-state index is 0.210. The molecule has 1 amide bonds. The van der Waals surface area contributed by atoms with Gasteiger partial charge in [0.2, 0.25) is 0 Å². The molecule has 7 nitrogen and oxygen atoms in total. The van der Waals surface area contributed by atoms with E-state index in [-0.39, 0.29) is 5.91 Å². The molecule has 2 heterocycles. The van der Waals surface area contributed by atoms with E-state index in [9.17, 15) is 4.79 Å². The third kappa shape index (κ3) is 5.49. The highest BCUT2D eigenvalue weighted by molar-refractivity contribution is 6.05. The fraction of sp³-hybridized carbons (Fsp3) is 0.346. The molecule has 2 aromatic carbocycles. The Hall–Kier alpha value is -3.45. The molecule has 0 aliphatic carbocycles. The summed E-state index contributed by atoms with van der Waals surface area (Å²) in [5.74, 6) is 1.18. The molecule has 33 heavy (non-hydrogen) atoms. The van der Waals surface area contributed by atoms with Crippen molar-refractivity contribution in [2.45, 2.75) is 39.2 Å². The van der Waals surface area contributed by atoms with E-state index in [1.165, 1.54) is 12.8 Å². The first-order chi connectivity index (χ1) is 16.0. The number of piperidine rings is 1. The predicted molar refractivity (Wildman–Crippen MR) is 129 cm³/mol. The number of anilines is 1. The molecule has 2 N–H and O–H groups in total. The first kappa shape index (κ1) is 22.7. The lowest BCUT2D eigenvalue weighted by molar-refractivity contribution is 0.102. The molecule has 0 unspecified atom stereocenters. The maximum Gasteiger partial charge on any atom is 0.255 e. The van der Waals surface area contributed by atoms with Crippen molar-refractivity contribution in [3.63, 3.8) is 0 Å². The van der Waals surface area contributed by atoms with Crippen LogP contribution in [0.4, 0.5) is 5.69 Å². The highest BCUT2D eigenvalue weighted by Crippen LogP contribution is 2.36. The molecule has 0 bridgehead atoms. The number of amides is 1. The SMILES string of the molecule is COc1cccc(C(=O)Nc2ccc(OC[C@H]3CCCCN3)c(-c3c(C)ncnc3C)c2)c1. The number of benzene rings is 2. The summed E-state index contributed by atoms with van der Waals surface area (Å²) in [6, 6.07) is 13.1. The summed E-state index contributed by atoms with van der Waals surface area (Å²) in [4.78, 5) is 21.6. The minimum Gasteiger partial charge on any atom is -0.497 e. The van der Waals surface area contributed by atoms with Gasteiger partial charge in [0.1, 0.15) is 24.4 Å². The van der Waals surface area contributed by atoms with Crippen molar-refractivity contribution in [3.8, 4) is 22.6 Å². The number of ether oxygens (including phenoxy) is 2. The Bertz CT molecular complexity index is 1110. The maximum atomic E-state index is 12.9. The Labute approximate surface area is 194 Å². The molecule has 1 atom stereocenters. The van der Waals surface area contributed by atoms with E-state index in [2.05, 4.69) is 20.6 Å². The summed E-state index contributed by atoms with van der Waals surface area (Å²) in [5, 5.41) is 6.51. The van der Waals surface area contributed by atoms with Crippen molar-refractivity contribution < 1.29 is 14.3 Å². The van der Waals surface area contributed by atoms with Gasteiger partial charge < -0.3 is 20.1 Å². The van der Waals surface area contributed by atoms with Gasteiger partial charge in [-0.3, -0.25) is 4.79 Å². The van der Waals surface area contributed by atoms with Gasteiger partial charge in [-0.2, -0.15) is 0 Å². The minimum atomic E-state index is -0.210. The highest BCUT2D eigenvalue weighted by Gasteiger charge is 2.18. The Balaban J connectivity index is 1.63. The van der Waals surface area contributed by atoms with Gasteiger partial charge >= 0.3 is 0 Å². The molecule has 0 radical (unpaired) electrons. The number of carbonyl (C=O) groups excluding carboxylic acids is 1.